The number of nitrogens with zero attached hydrogens (tertiary/aromatic N) is 2. The number of non-ortho nitro benzene ring substituents is 1. The monoisotopic (exact) mass is 345 g/mol. The Labute approximate surface area is 141 Å². The van der Waals surface area contributed by atoms with Crippen molar-refractivity contribution in [3.05, 3.63) is 49.6 Å². The van der Waals surface area contributed by atoms with Crippen molar-refractivity contribution in [3.8, 4) is 17.1 Å². The zero-order valence-electron chi connectivity index (χ0n) is 13.2. The molecule has 0 bridgehead atoms. The summed E-state index contributed by atoms with van der Waals surface area (Å²) in [5.74, 6) is 0.724. The molecule has 24 heavy (non-hydrogen) atoms. The summed E-state index contributed by atoms with van der Waals surface area (Å²) in [6, 6.07) is 4.28. The van der Waals surface area contributed by atoms with Crippen LogP contribution in [-0.4, -0.2) is 21.5 Å². The molecular formula is C16H15N3O4S. The summed E-state index contributed by atoms with van der Waals surface area (Å²) in [4.78, 5) is 30.7. The van der Waals surface area contributed by atoms with Crippen molar-refractivity contribution in [2.45, 2.75) is 20.3 Å². The lowest BCUT2D eigenvalue weighted by molar-refractivity contribution is -0.384. The van der Waals surface area contributed by atoms with Crippen LogP contribution >= 0.6 is 11.3 Å². The van der Waals surface area contributed by atoms with Gasteiger partial charge < -0.3 is 9.72 Å². The van der Waals surface area contributed by atoms with Gasteiger partial charge in [-0.3, -0.25) is 14.9 Å². The average Bonchev–Trinajstić information content (AvgIpc) is 2.94. The zero-order valence-corrected chi connectivity index (χ0v) is 14.0. The number of aromatic nitrogens is 2. The highest BCUT2D eigenvalue weighted by atomic mass is 32.1. The highest BCUT2D eigenvalue weighted by molar-refractivity contribution is 7.16. The van der Waals surface area contributed by atoms with Crippen LogP contribution < -0.4 is 10.3 Å². The van der Waals surface area contributed by atoms with Crippen molar-refractivity contribution in [2.24, 2.45) is 0 Å². The van der Waals surface area contributed by atoms with Gasteiger partial charge in [0.2, 0.25) is 0 Å². The average molecular weight is 345 g/mol. The fourth-order valence-corrected chi connectivity index (χ4v) is 3.29. The maximum atomic E-state index is 12.3. The molecule has 1 aromatic carbocycles. The molecule has 8 heteroatoms. The number of rotatable bonds is 5. The van der Waals surface area contributed by atoms with Crippen molar-refractivity contribution in [3.63, 3.8) is 0 Å². The van der Waals surface area contributed by atoms with Gasteiger partial charge in [0.05, 0.1) is 22.5 Å². The van der Waals surface area contributed by atoms with E-state index in [1.807, 2.05) is 19.2 Å². The van der Waals surface area contributed by atoms with E-state index in [0.717, 1.165) is 12.0 Å². The van der Waals surface area contributed by atoms with E-state index >= 15 is 0 Å². The lowest BCUT2D eigenvalue weighted by Gasteiger charge is -2.10. The molecule has 0 unspecified atom stereocenters. The summed E-state index contributed by atoms with van der Waals surface area (Å²) in [6.07, 6.45) is 0.795. The molecule has 0 spiro atoms. The lowest BCUT2D eigenvalue weighted by Crippen LogP contribution is -2.10. The van der Waals surface area contributed by atoms with Crippen LogP contribution in [0.3, 0.4) is 0 Å². The maximum Gasteiger partial charge on any atom is 0.270 e. The third-order valence-corrected chi connectivity index (χ3v) is 4.51. The fourth-order valence-electron chi connectivity index (χ4n) is 2.37. The number of aromatic amines is 1. The predicted octanol–water partition coefficient (Wildman–Crippen LogP) is 3.66. The number of aryl methyl sites for hydroxylation is 1. The molecule has 7 nitrogen and oxygen atoms in total. The Morgan fingerprint density at radius 3 is 2.92 bits per heavy atom. The summed E-state index contributed by atoms with van der Waals surface area (Å²) in [7, 11) is 0. The Morgan fingerprint density at radius 2 is 2.21 bits per heavy atom. The molecule has 0 saturated carbocycles. The highest BCUT2D eigenvalue weighted by Crippen LogP contribution is 2.32. The van der Waals surface area contributed by atoms with Crippen LogP contribution in [0.15, 0.2) is 28.4 Å². The SMILES string of the molecule is CCCOc1ccc([N+](=O)[O-])cc1-c1nc2scc(C)c2c(=O)[nH]1. The molecule has 0 aliphatic rings. The summed E-state index contributed by atoms with van der Waals surface area (Å²) < 4.78 is 5.65. The molecule has 0 radical (unpaired) electrons. The van der Waals surface area contributed by atoms with E-state index in [1.54, 1.807) is 0 Å². The number of H-pyrrole nitrogens is 1. The molecule has 3 rings (SSSR count). The number of hydrogen-bond acceptors (Lipinski definition) is 6. The van der Waals surface area contributed by atoms with Crippen molar-refractivity contribution in [1.82, 2.24) is 9.97 Å². The van der Waals surface area contributed by atoms with Gasteiger partial charge in [0, 0.05) is 12.1 Å². The second kappa shape index (κ2) is 6.40. The molecular weight excluding hydrogens is 330 g/mol. The Morgan fingerprint density at radius 1 is 1.42 bits per heavy atom. The molecule has 1 N–H and O–H groups in total. The van der Waals surface area contributed by atoms with Crippen molar-refractivity contribution >= 4 is 27.2 Å². The summed E-state index contributed by atoms with van der Waals surface area (Å²) >= 11 is 1.37. The van der Waals surface area contributed by atoms with Crippen LogP contribution in [0, 0.1) is 17.0 Å². The highest BCUT2D eigenvalue weighted by Gasteiger charge is 2.17. The Bertz CT molecular complexity index is 977. The number of thiophene rings is 1. The number of hydrogen-bond donors (Lipinski definition) is 1. The van der Waals surface area contributed by atoms with E-state index in [9.17, 15) is 14.9 Å². The first-order valence-corrected chi connectivity index (χ1v) is 8.29. The van der Waals surface area contributed by atoms with Gasteiger partial charge in [-0.15, -0.1) is 11.3 Å². The van der Waals surface area contributed by atoms with Crippen LogP contribution in [-0.2, 0) is 0 Å². The number of nitro benzene ring substituents is 1. The largest absolute Gasteiger partial charge is 0.493 e. The zero-order chi connectivity index (χ0) is 17.3. The van der Waals surface area contributed by atoms with Gasteiger partial charge in [0.1, 0.15) is 16.4 Å². The number of ether oxygens (including phenoxy) is 1. The first-order valence-electron chi connectivity index (χ1n) is 7.41. The molecule has 0 saturated heterocycles. The molecule has 124 valence electrons. The van der Waals surface area contributed by atoms with Gasteiger partial charge in [-0.05, 0) is 30.4 Å². The molecule has 3 aromatic rings. The summed E-state index contributed by atoms with van der Waals surface area (Å²) in [5, 5.41) is 13.5. The fraction of sp³-hybridized carbons (Fsp3) is 0.250. The van der Waals surface area contributed by atoms with E-state index in [2.05, 4.69) is 9.97 Å². The van der Waals surface area contributed by atoms with Gasteiger partial charge >= 0.3 is 0 Å². The number of fused-ring (bicyclic) bond motifs is 1. The van der Waals surface area contributed by atoms with Gasteiger partial charge in [-0.25, -0.2) is 4.98 Å². The second-order valence-corrected chi connectivity index (χ2v) is 6.16. The first kappa shape index (κ1) is 16.1. The maximum absolute atomic E-state index is 12.3. The summed E-state index contributed by atoms with van der Waals surface area (Å²) in [5.41, 5.74) is 0.917. The normalized spacial score (nSPS) is 10.9. The Hall–Kier alpha value is -2.74. The molecule has 0 aliphatic heterocycles. The van der Waals surface area contributed by atoms with Crippen LogP contribution in [0.4, 0.5) is 5.69 Å². The van der Waals surface area contributed by atoms with Crippen LogP contribution in [0.2, 0.25) is 0 Å². The van der Waals surface area contributed by atoms with E-state index in [1.165, 1.54) is 29.5 Å². The van der Waals surface area contributed by atoms with Crippen molar-refractivity contribution in [1.29, 1.82) is 0 Å². The Balaban J connectivity index is 2.21. The third-order valence-electron chi connectivity index (χ3n) is 3.52. The quantitative estimate of drug-likeness (QED) is 0.562. The van der Waals surface area contributed by atoms with Gasteiger partial charge in [-0.1, -0.05) is 6.92 Å². The molecule has 2 heterocycles. The van der Waals surface area contributed by atoms with Crippen LogP contribution in [0.1, 0.15) is 18.9 Å². The summed E-state index contributed by atoms with van der Waals surface area (Å²) in [6.45, 7) is 4.28. The Kier molecular flexibility index (Phi) is 4.30. The lowest BCUT2D eigenvalue weighted by atomic mass is 10.1. The van der Waals surface area contributed by atoms with E-state index in [0.29, 0.717) is 28.1 Å². The number of nitrogens with one attached hydrogen (secondary N) is 1. The molecule has 0 aliphatic carbocycles. The predicted molar refractivity (Wildman–Crippen MR) is 92.9 cm³/mol. The van der Waals surface area contributed by atoms with E-state index < -0.39 is 4.92 Å². The molecule has 0 atom stereocenters. The number of nitro groups is 1. The van der Waals surface area contributed by atoms with Crippen LogP contribution in [0.25, 0.3) is 21.6 Å². The smallest absolute Gasteiger partial charge is 0.270 e. The minimum Gasteiger partial charge on any atom is -0.493 e. The van der Waals surface area contributed by atoms with Crippen LogP contribution in [0.5, 0.6) is 5.75 Å². The minimum absolute atomic E-state index is 0.0843. The number of benzene rings is 1. The first-order chi connectivity index (χ1) is 11.5. The van der Waals surface area contributed by atoms with Gasteiger partial charge in [0.25, 0.3) is 11.2 Å². The second-order valence-electron chi connectivity index (χ2n) is 5.30. The molecule has 0 fully saturated rings. The van der Waals surface area contributed by atoms with Crippen molar-refractivity contribution in [2.75, 3.05) is 6.61 Å². The molecule has 0 amide bonds. The minimum atomic E-state index is -0.487. The topological polar surface area (TPSA) is 98.1 Å². The third kappa shape index (κ3) is 2.88. The van der Waals surface area contributed by atoms with Crippen molar-refractivity contribution < 1.29 is 9.66 Å². The van der Waals surface area contributed by atoms with Gasteiger partial charge in [0.15, 0.2) is 0 Å². The van der Waals surface area contributed by atoms with Gasteiger partial charge in [-0.2, -0.15) is 0 Å². The standard InChI is InChI=1S/C16H15N3O4S/c1-3-6-23-12-5-4-10(19(21)22)7-11(12)14-17-15(20)13-9(2)8-24-16(13)18-14/h4-5,7-8H,3,6H2,1-2H3,(H,17,18,20). The van der Waals surface area contributed by atoms with E-state index in [-0.39, 0.29) is 17.1 Å². The van der Waals surface area contributed by atoms with E-state index in [4.69, 9.17) is 4.74 Å². The molecule has 2 aromatic heterocycles.